The highest BCUT2D eigenvalue weighted by molar-refractivity contribution is 7.15. The van der Waals surface area contributed by atoms with E-state index in [9.17, 15) is 4.39 Å². The Morgan fingerprint density at radius 3 is 2.67 bits per heavy atom. The Morgan fingerprint density at radius 2 is 1.83 bits per heavy atom. The molecule has 0 aliphatic carbocycles. The minimum atomic E-state index is -0.270. The number of nitrogens with one attached hydrogen (secondary N) is 1. The van der Waals surface area contributed by atoms with Gasteiger partial charge in [0.25, 0.3) is 0 Å². The Bertz CT molecular complexity index is 1160. The molecule has 0 amide bonds. The molecule has 0 spiro atoms. The molecule has 1 N–H and O–H groups in total. The molecular formula is C24H20FN3OS. The summed E-state index contributed by atoms with van der Waals surface area (Å²) >= 11 is 1.56. The number of rotatable bonds is 7. The van der Waals surface area contributed by atoms with Crippen LogP contribution >= 0.6 is 11.3 Å². The topological polar surface area (TPSA) is 46.5 Å². The summed E-state index contributed by atoms with van der Waals surface area (Å²) in [5.41, 5.74) is 6.43. The van der Waals surface area contributed by atoms with Gasteiger partial charge in [0.15, 0.2) is 0 Å². The van der Waals surface area contributed by atoms with Crippen molar-refractivity contribution < 1.29 is 9.13 Å². The number of halogens is 1. The highest BCUT2D eigenvalue weighted by Gasteiger charge is 2.08. The summed E-state index contributed by atoms with van der Waals surface area (Å²) in [7, 11) is 0. The largest absolute Gasteiger partial charge is 0.489 e. The van der Waals surface area contributed by atoms with Crippen LogP contribution in [0.15, 0.2) is 84.0 Å². The second-order valence-electron chi connectivity index (χ2n) is 6.61. The van der Waals surface area contributed by atoms with Crippen molar-refractivity contribution in [1.82, 2.24) is 4.98 Å². The fourth-order valence-electron chi connectivity index (χ4n) is 2.93. The molecule has 0 atom stereocenters. The molecule has 0 radical (unpaired) electrons. The fraction of sp³-hybridized carbons (Fsp3) is 0.0833. The second-order valence-corrected chi connectivity index (χ2v) is 7.82. The van der Waals surface area contributed by atoms with E-state index in [1.54, 1.807) is 35.8 Å². The fourth-order valence-corrected chi connectivity index (χ4v) is 3.72. The van der Waals surface area contributed by atoms with Gasteiger partial charge in [0.05, 0.1) is 11.9 Å². The quantitative estimate of drug-likeness (QED) is 0.284. The number of benzene rings is 3. The van der Waals surface area contributed by atoms with Crippen molar-refractivity contribution in [3.8, 4) is 17.0 Å². The smallest absolute Gasteiger partial charge is 0.204 e. The molecule has 0 aliphatic rings. The van der Waals surface area contributed by atoms with Crippen molar-refractivity contribution in [1.29, 1.82) is 0 Å². The van der Waals surface area contributed by atoms with Crippen LogP contribution in [0.25, 0.3) is 11.3 Å². The Kier molecular flexibility index (Phi) is 6.15. The van der Waals surface area contributed by atoms with Gasteiger partial charge in [-0.2, -0.15) is 5.10 Å². The standard InChI is InChI=1S/C24H20FN3OS/c1-17-23(19-9-3-2-4-10-19)27-24(30-17)28-26-15-18-8-7-12-21(14-18)29-16-20-11-5-6-13-22(20)25/h2-15H,16H2,1H3,(H,27,28)/b26-15+. The van der Waals surface area contributed by atoms with Crippen LogP contribution in [0.1, 0.15) is 16.0 Å². The zero-order valence-corrected chi connectivity index (χ0v) is 17.2. The lowest BCUT2D eigenvalue weighted by Gasteiger charge is -2.07. The van der Waals surface area contributed by atoms with Gasteiger partial charge in [-0.3, -0.25) is 5.43 Å². The molecule has 4 rings (SSSR count). The van der Waals surface area contributed by atoms with Crippen LogP contribution in [-0.2, 0) is 6.61 Å². The minimum Gasteiger partial charge on any atom is -0.489 e. The molecule has 150 valence electrons. The molecule has 0 saturated heterocycles. The zero-order chi connectivity index (χ0) is 20.8. The van der Waals surface area contributed by atoms with Crippen molar-refractivity contribution in [2.45, 2.75) is 13.5 Å². The van der Waals surface area contributed by atoms with Crippen LogP contribution in [0.5, 0.6) is 5.75 Å². The number of anilines is 1. The molecule has 4 nitrogen and oxygen atoms in total. The van der Waals surface area contributed by atoms with Crippen LogP contribution in [0, 0.1) is 12.7 Å². The van der Waals surface area contributed by atoms with E-state index in [1.807, 2.05) is 61.5 Å². The maximum absolute atomic E-state index is 13.7. The van der Waals surface area contributed by atoms with Crippen molar-refractivity contribution in [3.63, 3.8) is 0 Å². The van der Waals surface area contributed by atoms with E-state index < -0.39 is 0 Å². The third-order valence-electron chi connectivity index (χ3n) is 4.43. The van der Waals surface area contributed by atoms with E-state index in [4.69, 9.17) is 4.74 Å². The van der Waals surface area contributed by atoms with Crippen LogP contribution in [0.3, 0.4) is 0 Å². The number of thiazole rings is 1. The van der Waals surface area contributed by atoms with Gasteiger partial charge in [-0.25, -0.2) is 9.37 Å². The van der Waals surface area contributed by atoms with Crippen molar-refractivity contribution in [2.24, 2.45) is 5.10 Å². The average molecular weight is 418 g/mol. The maximum atomic E-state index is 13.7. The van der Waals surface area contributed by atoms with Crippen LogP contribution in [0.2, 0.25) is 0 Å². The molecular weight excluding hydrogens is 397 g/mol. The highest BCUT2D eigenvalue weighted by atomic mass is 32.1. The third-order valence-corrected chi connectivity index (χ3v) is 5.30. The summed E-state index contributed by atoms with van der Waals surface area (Å²) in [6.45, 7) is 2.22. The van der Waals surface area contributed by atoms with Gasteiger partial charge >= 0.3 is 0 Å². The van der Waals surface area contributed by atoms with Gasteiger partial charge in [-0.15, -0.1) is 11.3 Å². The molecule has 0 saturated carbocycles. The van der Waals surface area contributed by atoms with Gasteiger partial charge in [0.2, 0.25) is 5.13 Å². The predicted octanol–water partition coefficient (Wildman–Crippen LogP) is 6.28. The summed E-state index contributed by atoms with van der Waals surface area (Å²) in [4.78, 5) is 5.76. The second kappa shape index (κ2) is 9.33. The number of aryl methyl sites for hydroxylation is 1. The summed E-state index contributed by atoms with van der Waals surface area (Å²) in [5, 5.41) is 5.02. The van der Waals surface area contributed by atoms with Gasteiger partial charge in [0, 0.05) is 16.0 Å². The molecule has 0 bridgehead atoms. The Balaban J connectivity index is 1.39. The third kappa shape index (κ3) is 4.90. The molecule has 1 aromatic heterocycles. The van der Waals surface area contributed by atoms with Crippen molar-refractivity contribution in [3.05, 3.63) is 101 Å². The number of hydrogen-bond acceptors (Lipinski definition) is 5. The van der Waals surface area contributed by atoms with E-state index in [0.717, 1.165) is 26.8 Å². The Morgan fingerprint density at radius 1 is 1.03 bits per heavy atom. The maximum Gasteiger partial charge on any atom is 0.204 e. The molecule has 3 aromatic carbocycles. The Hall–Kier alpha value is -3.51. The lowest BCUT2D eigenvalue weighted by atomic mass is 10.1. The first-order valence-electron chi connectivity index (χ1n) is 9.47. The predicted molar refractivity (Wildman–Crippen MR) is 121 cm³/mol. The van der Waals surface area contributed by atoms with Gasteiger partial charge in [0.1, 0.15) is 18.2 Å². The first-order valence-corrected chi connectivity index (χ1v) is 10.3. The molecule has 0 unspecified atom stereocenters. The number of aromatic nitrogens is 1. The van der Waals surface area contributed by atoms with E-state index in [2.05, 4.69) is 15.5 Å². The summed E-state index contributed by atoms with van der Waals surface area (Å²) in [5.74, 6) is 0.381. The lowest BCUT2D eigenvalue weighted by Crippen LogP contribution is -1.98. The number of hydrogen-bond donors (Lipinski definition) is 1. The molecule has 4 aromatic rings. The highest BCUT2D eigenvalue weighted by Crippen LogP contribution is 2.30. The van der Waals surface area contributed by atoms with Gasteiger partial charge < -0.3 is 4.74 Å². The summed E-state index contributed by atoms with van der Waals surface area (Å²) < 4.78 is 19.4. The number of ether oxygens (including phenoxy) is 1. The van der Waals surface area contributed by atoms with Crippen LogP contribution < -0.4 is 10.2 Å². The van der Waals surface area contributed by atoms with E-state index in [1.165, 1.54) is 6.07 Å². The molecule has 1 heterocycles. The normalized spacial score (nSPS) is 11.0. The lowest BCUT2D eigenvalue weighted by molar-refractivity contribution is 0.300. The Labute approximate surface area is 178 Å². The SMILES string of the molecule is Cc1sc(N/N=C/c2cccc(OCc3ccccc3F)c2)nc1-c1ccccc1. The van der Waals surface area contributed by atoms with Crippen LogP contribution in [0.4, 0.5) is 9.52 Å². The first-order chi connectivity index (χ1) is 14.7. The first kappa shape index (κ1) is 19.8. The molecule has 0 fully saturated rings. The molecule has 30 heavy (non-hydrogen) atoms. The number of hydrazone groups is 1. The number of nitrogens with zero attached hydrogens (tertiary/aromatic N) is 2. The molecule has 6 heteroatoms. The van der Waals surface area contributed by atoms with Crippen molar-refractivity contribution >= 4 is 22.7 Å². The van der Waals surface area contributed by atoms with E-state index in [-0.39, 0.29) is 12.4 Å². The van der Waals surface area contributed by atoms with Gasteiger partial charge in [-0.1, -0.05) is 60.7 Å². The summed E-state index contributed by atoms with van der Waals surface area (Å²) in [6, 6.07) is 24.2. The van der Waals surface area contributed by atoms with E-state index >= 15 is 0 Å². The zero-order valence-electron chi connectivity index (χ0n) is 16.4. The average Bonchev–Trinajstić information content (AvgIpc) is 3.14. The van der Waals surface area contributed by atoms with Crippen LogP contribution in [-0.4, -0.2) is 11.2 Å². The minimum absolute atomic E-state index is 0.173. The monoisotopic (exact) mass is 417 g/mol. The van der Waals surface area contributed by atoms with Gasteiger partial charge in [-0.05, 0) is 30.7 Å². The van der Waals surface area contributed by atoms with Crippen molar-refractivity contribution in [2.75, 3.05) is 5.43 Å². The van der Waals surface area contributed by atoms with E-state index in [0.29, 0.717) is 11.3 Å². The summed E-state index contributed by atoms with van der Waals surface area (Å²) in [6.07, 6.45) is 1.70. The molecule has 0 aliphatic heterocycles.